The average molecular weight is 378 g/mol. The fourth-order valence-electron chi connectivity index (χ4n) is 1.83. The molecule has 1 heterocycles. The van der Waals surface area contributed by atoms with E-state index in [4.69, 9.17) is 11.6 Å². The van der Waals surface area contributed by atoms with Crippen LogP contribution < -0.4 is 10.4 Å². The number of rotatable bonds is 5. The highest BCUT2D eigenvalue weighted by molar-refractivity contribution is 7.68. The minimum Gasteiger partial charge on any atom is -0.331 e. The Kier molecular flexibility index (Phi) is 5.19. The number of hydrogen-bond donors (Lipinski definition) is 1. The molecule has 24 heavy (non-hydrogen) atoms. The third-order valence-corrected chi connectivity index (χ3v) is 5.40. The van der Waals surface area contributed by atoms with Gasteiger partial charge >= 0.3 is 11.3 Å². The second-order valence-corrected chi connectivity index (χ2v) is 9.94. The van der Waals surface area contributed by atoms with Crippen molar-refractivity contribution in [2.24, 2.45) is 5.41 Å². The van der Waals surface area contributed by atoms with Gasteiger partial charge in [0.15, 0.2) is 7.29 Å². The van der Waals surface area contributed by atoms with Gasteiger partial charge < -0.3 is 9.09 Å². The first-order valence-corrected chi connectivity index (χ1v) is 9.76. The van der Waals surface area contributed by atoms with Gasteiger partial charge in [0, 0.05) is 24.1 Å². The molecule has 0 saturated carbocycles. The molecule has 0 fully saturated rings. The van der Waals surface area contributed by atoms with Crippen molar-refractivity contribution in [3.63, 3.8) is 0 Å². The summed E-state index contributed by atoms with van der Waals surface area (Å²) in [5, 5.41) is 3.49. The van der Waals surface area contributed by atoms with Crippen molar-refractivity contribution in [3.05, 3.63) is 30.2 Å². The van der Waals surface area contributed by atoms with Gasteiger partial charge in [0.2, 0.25) is 5.82 Å². The van der Waals surface area contributed by atoms with Crippen LogP contribution >= 0.6 is 18.9 Å². The molecule has 2 rings (SSSR count). The molecule has 1 N–H and O–H groups in total. The van der Waals surface area contributed by atoms with Gasteiger partial charge in [-0.3, -0.25) is 5.09 Å². The lowest BCUT2D eigenvalue weighted by Crippen LogP contribution is -2.28. The van der Waals surface area contributed by atoms with Gasteiger partial charge in [-0.25, -0.2) is 0 Å². The van der Waals surface area contributed by atoms with Crippen LogP contribution in [-0.4, -0.2) is 23.4 Å². The summed E-state index contributed by atoms with van der Waals surface area (Å²) in [4.78, 5) is 3.57. The molecule has 0 aliphatic carbocycles. The van der Waals surface area contributed by atoms with Crippen LogP contribution in [-0.2, 0) is 9.95 Å². The summed E-state index contributed by atoms with van der Waals surface area (Å²) in [7, 11) is -2.73. The van der Waals surface area contributed by atoms with Gasteiger partial charge in [-0.2, -0.15) is 13.8 Å². The molecule has 0 radical (unpaired) electrons. The molecule has 0 amide bonds. The lowest BCUT2D eigenvalue weighted by molar-refractivity contribution is 0.0551. The molecule has 1 aromatic carbocycles. The zero-order chi connectivity index (χ0) is 18.2. The van der Waals surface area contributed by atoms with E-state index in [9.17, 15) is 13.3 Å². The number of nitrogens with one attached hydrogen (secondary N) is 1. The lowest BCUT2D eigenvalue weighted by atomic mass is 9.98. The fraction of sp³-hybridized carbons (Fsp3) is 0.467. The van der Waals surface area contributed by atoms with Crippen molar-refractivity contribution in [2.45, 2.75) is 26.2 Å². The number of aromatic nitrogens is 2. The van der Waals surface area contributed by atoms with Crippen LogP contribution in [0.4, 0.5) is 8.78 Å². The van der Waals surface area contributed by atoms with Crippen LogP contribution in [0.2, 0.25) is 0 Å². The molecule has 5 nitrogen and oxygen atoms in total. The summed E-state index contributed by atoms with van der Waals surface area (Å²) in [5.74, 6) is -0.971. The van der Waals surface area contributed by atoms with Crippen LogP contribution in [0, 0.1) is 5.41 Å². The molecule has 0 bridgehead atoms. The quantitative estimate of drug-likeness (QED) is 0.625. The largest absolute Gasteiger partial charge is 0.400 e. The highest BCUT2D eigenvalue weighted by Gasteiger charge is 2.35. The Balaban J connectivity index is 2.18. The standard InChI is InChI=1S/C15H19ClF2N3O2P/c1-14(2,3)9-19-24(4,22)11-7-5-10(6-8-11)12-20-13(23-21-12)15(16,17)18/h5-8H,9H2,1-4H3,(H,19,22). The van der Waals surface area contributed by atoms with Crippen molar-refractivity contribution in [3.8, 4) is 11.4 Å². The number of hydrogen-bond acceptors (Lipinski definition) is 4. The number of benzene rings is 1. The third-order valence-electron chi connectivity index (χ3n) is 3.20. The Labute approximate surface area is 144 Å². The summed E-state index contributed by atoms with van der Waals surface area (Å²) in [6.45, 7) is 8.38. The molecule has 9 heteroatoms. The van der Waals surface area contributed by atoms with Gasteiger partial charge in [-0.15, -0.1) is 0 Å². The van der Waals surface area contributed by atoms with E-state index in [1.165, 1.54) is 0 Å². The molecule has 132 valence electrons. The summed E-state index contributed by atoms with van der Waals surface area (Å²) in [5.41, 5.74) is 0.463. The Bertz CT molecular complexity index is 751. The molecule has 0 saturated heterocycles. The van der Waals surface area contributed by atoms with Crippen molar-refractivity contribution < 1.29 is 17.9 Å². The maximum Gasteiger partial charge on any atom is 0.400 e. The number of nitrogens with zero attached hydrogens (tertiary/aromatic N) is 2. The van der Waals surface area contributed by atoms with Gasteiger partial charge in [0.05, 0.1) is 0 Å². The fourth-order valence-corrected chi connectivity index (χ4v) is 3.58. The predicted octanol–water partition coefficient (Wildman–Crippen LogP) is 4.19. The SMILES string of the molecule is CC(C)(C)CNP(C)(=O)c1ccc(-c2noc(C(F)(F)Cl)n2)cc1. The van der Waals surface area contributed by atoms with Crippen molar-refractivity contribution in [1.29, 1.82) is 0 Å². The molecule has 2 aromatic rings. The van der Waals surface area contributed by atoms with Crippen LogP contribution in [0.5, 0.6) is 0 Å². The van der Waals surface area contributed by atoms with Crippen molar-refractivity contribution >= 4 is 24.2 Å². The highest BCUT2D eigenvalue weighted by Crippen LogP contribution is 2.36. The Morgan fingerprint density at radius 2 is 1.83 bits per heavy atom. The van der Waals surface area contributed by atoms with E-state index in [0.29, 0.717) is 17.4 Å². The van der Waals surface area contributed by atoms with E-state index in [0.717, 1.165) is 0 Å². The van der Waals surface area contributed by atoms with E-state index in [2.05, 4.69) is 19.8 Å². The van der Waals surface area contributed by atoms with Crippen molar-refractivity contribution in [2.75, 3.05) is 13.2 Å². The molecular formula is C15H19ClF2N3O2P. The van der Waals surface area contributed by atoms with Crippen LogP contribution in [0.1, 0.15) is 26.7 Å². The summed E-state index contributed by atoms with van der Waals surface area (Å²) in [6.07, 6.45) is 0. The Morgan fingerprint density at radius 1 is 1.25 bits per heavy atom. The van der Waals surface area contributed by atoms with Gasteiger partial charge in [-0.1, -0.05) is 38.1 Å². The number of halogens is 3. The molecule has 0 spiro atoms. The van der Waals surface area contributed by atoms with Gasteiger partial charge in [0.1, 0.15) is 0 Å². The first-order valence-electron chi connectivity index (χ1n) is 7.23. The summed E-state index contributed by atoms with van der Waals surface area (Å²) < 4.78 is 43.0. The monoisotopic (exact) mass is 377 g/mol. The predicted molar refractivity (Wildman–Crippen MR) is 90.1 cm³/mol. The first-order chi connectivity index (χ1) is 10.9. The molecule has 1 unspecified atom stereocenters. The smallest absolute Gasteiger partial charge is 0.331 e. The maximum atomic E-state index is 12.9. The van der Waals surface area contributed by atoms with Crippen molar-refractivity contribution in [1.82, 2.24) is 15.2 Å². The lowest BCUT2D eigenvalue weighted by Gasteiger charge is -2.23. The Hall–Kier alpha value is -1.30. The Morgan fingerprint density at radius 3 is 2.29 bits per heavy atom. The van der Waals surface area contributed by atoms with E-state index >= 15 is 0 Å². The minimum atomic E-state index is -3.71. The first kappa shape index (κ1) is 19.0. The van der Waals surface area contributed by atoms with Crippen LogP contribution in [0.25, 0.3) is 11.4 Å². The number of alkyl halides is 3. The molecule has 1 atom stereocenters. The van der Waals surface area contributed by atoms with E-state index < -0.39 is 18.6 Å². The summed E-state index contributed by atoms with van der Waals surface area (Å²) in [6, 6.07) is 6.51. The third kappa shape index (κ3) is 4.85. The normalized spacial score (nSPS) is 15.3. The zero-order valence-electron chi connectivity index (χ0n) is 13.8. The van der Waals surface area contributed by atoms with Crippen LogP contribution in [0.3, 0.4) is 0 Å². The molecular weight excluding hydrogens is 359 g/mol. The second-order valence-electron chi connectivity index (χ2n) is 6.79. The molecule has 1 aromatic heterocycles. The summed E-state index contributed by atoms with van der Waals surface area (Å²) >= 11 is 4.84. The molecule has 0 aliphatic heterocycles. The topological polar surface area (TPSA) is 68.0 Å². The highest BCUT2D eigenvalue weighted by atomic mass is 35.5. The average Bonchev–Trinajstić information content (AvgIpc) is 2.95. The van der Waals surface area contributed by atoms with Crippen LogP contribution in [0.15, 0.2) is 28.8 Å². The van der Waals surface area contributed by atoms with E-state index in [1.807, 2.05) is 20.8 Å². The van der Waals surface area contributed by atoms with Gasteiger partial charge in [-0.05, 0) is 29.1 Å². The maximum absolute atomic E-state index is 12.9. The van der Waals surface area contributed by atoms with Gasteiger partial charge in [0.25, 0.3) is 0 Å². The zero-order valence-corrected chi connectivity index (χ0v) is 15.5. The molecule has 0 aliphatic rings. The minimum absolute atomic E-state index is 0.000561. The second kappa shape index (κ2) is 6.54. The van der Waals surface area contributed by atoms with E-state index in [-0.39, 0.29) is 11.2 Å². The van der Waals surface area contributed by atoms with E-state index in [1.54, 1.807) is 30.9 Å².